The molecule has 0 bridgehead atoms. The number of aryl methyl sites for hydroxylation is 1. The molecular formula is C18H26ClIN6O. The molecule has 1 unspecified atom stereocenters. The zero-order chi connectivity index (χ0) is 18.5. The third-order valence-corrected chi connectivity index (χ3v) is 4.77. The Morgan fingerprint density at radius 2 is 2.15 bits per heavy atom. The maximum Gasteiger partial charge on any atom is 0.194 e. The predicted molar refractivity (Wildman–Crippen MR) is 118 cm³/mol. The van der Waals surface area contributed by atoms with E-state index in [-0.39, 0.29) is 30.1 Å². The fourth-order valence-corrected chi connectivity index (χ4v) is 3.08. The third-order valence-electron chi connectivity index (χ3n) is 4.46. The zero-order valence-corrected chi connectivity index (χ0v) is 18.9. The van der Waals surface area contributed by atoms with Crippen molar-refractivity contribution in [3.63, 3.8) is 0 Å². The van der Waals surface area contributed by atoms with Gasteiger partial charge in [-0.2, -0.15) is 0 Å². The van der Waals surface area contributed by atoms with Crippen molar-refractivity contribution in [3.05, 3.63) is 40.9 Å². The average molecular weight is 505 g/mol. The topological polar surface area (TPSA) is 67.6 Å². The Kier molecular flexibility index (Phi) is 8.15. The van der Waals surface area contributed by atoms with Crippen molar-refractivity contribution in [3.8, 4) is 5.75 Å². The van der Waals surface area contributed by atoms with Gasteiger partial charge in [-0.3, -0.25) is 0 Å². The molecule has 27 heavy (non-hydrogen) atoms. The first kappa shape index (κ1) is 21.7. The second kappa shape index (κ2) is 10.1. The molecule has 148 valence electrons. The SMILES string of the molecule is CCNC(=NCc1nnc(C)n1C)N1CCC(Oc2ccccc2Cl)C1.I. The fourth-order valence-electron chi connectivity index (χ4n) is 2.90. The number of ether oxygens (including phenoxy) is 1. The van der Waals surface area contributed by atoms with E-state index in [1.54, 1.807) is 0 Å². The van der Waals surface area contributed by atoms with E-state index < -0.39 is 0 Å². The van der Waals surface area contributed by atoms with E-state index in [4.69, 9.17) is 21.3 Å². The molecule has 1 saturated heterocycles. The van der Waals surface area contributed by atoms with E-state index in [0.29, 0.717) is 11.6 Å². The smallest absolute Gasteiger partial charge is 0.194 e. The molecule has 1 aromatic heterocycles. The van der Waals surface area contributed by atoms with Gasteiger partial charge in [0.1, 0.15) is 24.2 Å². The molecule has 0 aliphatic carbocycles. The number of guanidine groups is 1. The molecule has 9 heteroatoms. The van der Waals surface area contributed by atoms with Crippen LogP contribution in [0.3, 0.4) is 0 Å². The van der Waals surface area contributed by atoms with Gasteiger partial charge in [-0.15, -0.1) is 34.2 Å². The number of para-hydroxylation sites is 1. The van der Waals surface area contributed by atoms with Crippen LogP contribution in [-0.4, -0.2) is 51.4 Å². The minimum absolute atomic E-state index is 0. The van der Waals surface area contributed by atoms with Crippen LogP contribution < -0.4 is 10.1 Å². The summed E-state index contributed by atoms with van der Waals surface area (Å²) in [5, 5.41) is 12.3. The minimum atomic E-state index is 0. The molecule has 2 heterocycles. The second-order valence-corrected chi connectivity index (χ2v) is 6.70. The van der Waals surface area contributed by atoms with Crippen LogP contribution in [0.15, 0.2) is 29.3 Å². The van der Waals surface area contributed by atoms with Crippen molar-refractivity contribution in [1.29, 1.82) is 0 Å². The summed E-state index contributed by atoms with van der Waals surface area (Å²) in [5.41, 5.74) is 0. The average Bonchev–Trinajstić information content (AvgIpc) is 3.22. The van der Waals surface area contributed by atoms with Crippen LogP contribution in [0.4, 0.5) is 0 Å². The Balaban J connectivity index is 0.00000261. The van der Waals surface area contributed by atoms with Crippen molar-refractivity contribution < 1.29 is 4.74 Å². The number of halogens is 2. The number of likely N-dealkylation sites (tertiary alicyclic amines) is 1. The van der Waals surface area contributed by atoms with Gasteiger partial charge in [-0.05, 0) is 26.0 Å². The largest absolute Gasteiger partial charge is 0.487 e. The molecule has 1 aliphatic heterocycles. The fraction of sp³-hybridized carbons (Fsp3) is 0.500. The van der Waals surface area contributed by atoms with Crippen LogP contribution in [0.1, 0.15) is 25.0 Å². The summed E-state index contributed by atoms with van der Waals surface area (Å²) < 4.78 is 8.03. The van der Waals surface area contributed by atoms with Crippen molar-refractivity contribution >= 4 is 41.5 Å². The predicted octanol–water partition coefficient (Wildman–Crippen LogP) is 3.01. The Hall–Kier alpha value is -1.55. The monoisotopic (exact) mass is 504 g/mol. The number of hydrogen-bond donors (Lipinski definition) is 1. The lowest BCUT2D eigenvalue weighted by Crippen LogP contribution is -2.41. The Labute approximate surface area is 182 Å². The molecule has 1 aliphatic rings. The van der Waals surface area contributed by atoms with E-state index in [0.717, 1.165) is 49.4 Å². The zero-order valence-electron chi connectivity index (χ0n) is 15.9. The first-order valence-corrected chi connectivity index (χ1v) is 9.25. The van der Waals surface area contributed by atoms with Gasteiger partial charge >= 0.3 is 0 Å². The summed E-state index contributed by atoms with van der Waals surface area (Å²) in [6.45, 7) is 6.96. The number of hydrogen-bond acceptors (Lipinski definition) is 4. The van der Waals surface area contributed by atoms with Crippen LogP contribution in [-0.2, 0) is 13.6 Å². The van der Waals surface area contributed by atoms with Crippen molar-refractivity contribution in [2.24, 2.45) is 12.0 Å². The number of benzene rings is 1. The maximum atomic E-state index is 6.20. The molecule has 7 nitrogen and oxygen atoms in total. The third kappa shape index (κ3) is 5.47. The number of aromatic nitrogens is 3. The van der Waals surface area contributed by atoms with Crippen LogP contribution >= 0.6 is 35.6 Å². The van der Waals surface area contributed by atoms with Crippen LogP contribution in [0.2, 0.25) is 5.02 Å². The summed E-state index contributed by atoms with van der Waals surface area (Å²) in [6, 6.07) is 7.58. The molecular weight excluding hydrogens is 479 g/mol. The van der Waals surface area contributed by atoms with E-state index >= 15 is 0 Å². The molecule has 0 spiro atoms. The molecule has 1 N–H and O–H groups in total. The summed E-state index contributed by atoms with van der Waals surface area (Å²) in [6.07, 6.45) is 1.02. The van der Waals surface area contributed by atoms with Crippen LogP contribution in [0, 0.1) is 6.92 Å². The van der Waals surface area contributed by atoms with Crippen molar-refractivity contribution in [2.45, 2.75) is 32.9 Å². The van der Waals surface area contributed by atoms with Gasteiger partial charge in [0.15, 0.2) is 11.8 Å². The van der Waals surface area contributed by atoms with Gasteiger partial charge in [-0.25, -0.2) is 4.99 Å². The standard InChI is InChI=1S/C18H25ClN6O.HI/c1-4-20-18(21-11-17-23-22-13(2)24(17)3)25-10-9-14(12-25)26-16-8-6-5-7-15(16)19;/h5-8,14H,4,9-12H2,1-3H3,(H,20,21);1H. The summed E-state index contributed by atoms with van der Waals surface area (Å²) in [7, 11) is 1.95. The lowest BCUT2D eigenvalue weighted by molar-refractivity contribution is 0.214. The van der Waals surface area contributed by atoms with Crippen LogP contribution in [0.25, 0.3) is 0 Å². The number of aliphatic imine (C=N–C) groups is 1. The van der Waals surface area contributed by atoms with Gasteiger partial charge in [0.05, 0.1) is 11.6 Å². The maximum absolute atomic E-state index is 6.20. The highest BCUT2D eigenvalue weighted by Gasteiger charge is 2.27. The highest BCUT2D eigenvalue weighted by atomic mass is 127. The van der Waals surface area contributed by atoms with Gasteiger partial charge in [0.25, 0.3) is 0 Å². The highest BCUT2D eigenvalue weighted by molar-refractivity contribution is 14.0. The molecule has 0 saturated carbocycles. The van der Waals surface area contributed by atoms with Gasteiger partial charge < -0.3 is 19.5 Å². The molecule has 1 fully saturated rings. The summed E-state index contributed by atoms with van der Waals surface area (Å²) in [4.78, 5) is 6.94. The van der Waals surface area contributed by atoms with E-state index in [9.17, 15) is 0 Å². The summed E-state index contributed by atoms with van der Waals surface area (Å²) >= 11 is 6.20. The summed E-state index contributed by atoms with van der Waals surface area (Å²) in [5.74, 6) is 3.34. The van der Waals surface area contributed by atoms with Gasteiger partial charge in [0, 0.05) is 26.6 Å². The van der Waals surface area contributed by atoms with E-state index in [1.165, 1.54) is 0 Å². The molecule has 1 aromatic carbocycles. The minimum Gasteiger partial charge on any atom is -0.487 e. The molecule has 2 aromatic rings. The second-order valence-electron chi connectivity index (χ2n) is 6.30. The van der Waals surface area contributed by atoms with E-state index in [1.807, 2.05) is 42.8 Å². The molecule has 0 amide bonds. The molecule has 3 rings (SSSR count). The number of rotatable bonds is 5. The number of nitrogens with one attached hydrogen (secondary N) is 1. The van der Waals surface area contributed by atoms with Crippen molar-refractivity contribution in [2.75, 3.05) is 19.6 Å². The highest BCUT2D eigenvalue weighted by Crippen LogP contribution is 2.26. The first-order valence-electron chi connectivity index (χ1n) is 8.87. The molecule has 0 radical (unpaired) electrons. The Bertz CT molecular complexity index is 781. The Morgan fingerprint density at radius 1 is 1.37 bits per heavy atom. The van der Waals surface area contributed by atoms with Crippen molar-refractivity contribution in [1.82, 2.24) is 25.0 Å². The van der Waals surface area contributed by atoms with Crippen LogP contribution in [0.5, 0.6) is 5.75 Å². The molecule has 1 atom stereocenters. The van der Waals surface area contributed by atoms with Gasteiger partial charge in [-0.1, -0.05) is 23.7 Å². The number of nitrogens with zero attached hydrogens (tertiary/aromatic N) is 5. The first-order chi connectivity index (χ1) is 12.6. The quantitative estimate of drug-likeness (QED) is 0.385. The normalized spacial score (nSPS) is 17.0. The van der Waals surface area contributed by atoms with Gasteiger partial charge in [0.2, 0.25) is 0 Å². The lowest BCUT2D eigenvalue weighted by atomic mass is 10.3. The Morgan fingerprint density at radius 3 is 2.81 bits per heavy atom. The van der Waals surface area contributed by atoms with E-state index in [2.05, 4.69) is 27.3 Å². The lowest BCUT2D eigenvalue weighted by Gasteiger charge is -2.22.